The minimum absolute atomic E-state index is 0. The summed E-state index contributed by atoms with van der Waals surface area (Å²) in [6, 6.07) is 9.88. The van der Waals surface area contributed by atoms with Crippen molar-refractivity contribution in [1.29, 1.82) is 0 Å². The highest BCUT2D eigenvalue weighted by Crippen LogP contribution is 2.24. The number of piperidine rings is 1. The van der Waals surface area contributed by atoms with Crippen LogP contribution in [-0.4, -0.2) is 30.4 Å². The lowest BCUT2D eigenvalue weighted by Crippen LogP contribution is -2.46. The van der Waals surface area contributed by atoms with Crippen molar-refractivity contribution in [1.82, 2.24) is 10.6 Å². The molecule has 0 bridgehead atoms. The summed E-state index contributed by atoms with van der Waals surface area (Å²) in [5, 5.41) is 11.8. The van der Waals surface area contributed by atoms with Crippen LogP contribution in [0.3, 0.4) is 0 Å². The Morgan fingerprint density at radius 1 is 1.19 bits per heavy atom. The van der Waals surface area contributed by atoms with E-state index < -0.39 is 0 Å². The first kappa shape index (κ1) is 21.4. The number of benzene rings is 1. The largest absolute Gasteiger partial charge is 0.349 e. The van der Waals surface area contributed by atoms with Crippen LogP contribution >= 0.6 is 23.7 Å². The molecule has 0 aliphatic carbocycles. The predicted octanol–water partition coefficient (Wildman–Crippen LogP) is 3.85. The van der Waals surface area contributed by atoms with Gasteiger partial charge in [0.2, 0.25) is 0 Å². The standard InChI is InChI=1S/C20H25N3O2S.ClH/c1-3-14-4-6-15(7-5-14)18(24)23-20-17(9-11-26-20)19(25)22-16-8-10-21-13(2)12-16;/h4-7,9,11,13,16,21H,3,8,10,12H2,1-2H3,(H,22,25)(H,23,24);1H. The van der Waals surface area contributed by atoms with Crippen LogP contribution < -0.4 is 16.0 Å². The van der Waals surface area contributed by atoms with Crippen molar-refractivity contribution < 1.29 is 9.59 Å². The van der Waals surface area contributed by atoms with Gasteiger partial charge in [-0.25, -0.2) is 0 Å². The van der Waals surface area contributed by atoms with E-state index in [0.29, 0.717) is 22.2 Å². The monoisotopic (exact) mass is 407 g/mol. The van der Waals surface area contributed by atoms with Crippen molar-refractivity contribution in [3.8, 4) is 0 Å². The second-order valence-corrected chi connectivity index (χ2v) is 7.63. The molecule has 0 spiro atoms. The zero-order valence-corrected chi connectivity index (χ0v) is 17.2. The van der Waals surface area contributed by atoms with Gasteiger partial charge >= 0.3 is 0 Å². The SMILES string of the molecule is CCc1ccc(C(=O)Nc2sccc2C(=O)NC2CCNC(C)C2)cc1.Cl. The number of halogens is 1. The summed E-state index contributed by atoms with van der Waals surface area (Å²) in [5.41, 5.74) is 2.31. The van der Waals surface area contributed by atoms with E-state index in [1.165, 1.54) is 16.9 Å². The van der Waals surface area contributed by atoms with Gasteiger partial charge in [-0.15, -0.1) is 23.7 Å². The lowest BCUT2D eigenvalue weighted by molar-refractivity contribution is 0.0927. The number of carbonyl (C=O) groups is 2. The highest BCUT2D eigenvalue weighted by Gasteiger charge is 2.22. The third-order valence-electron chi connectivity index (χ3n) is 4.72. The van der Waals surface area contributed by atoms with Crippen molar-refractivity contribution in [2.45, 2.75) is 45.2 Å². The number of nitrogens with one attached hydrogen (secondary N) is 3. The van der Waals surface area contributed by atoms with Gasteiger partial charge in [-0.05, 0) is 61.9 Å². The highest BCUT2D eigenvalue weighted by molar-refractivity contribution is 7.14. The maximum absolute atomic E-state index is 12.6. The molecule has 1 aliphatic rings. The fourth-order valence-electron chi connectivity index (χ4n) is 3.18. The van der Waals surface area contributed by atoms with Gasteiger partial charge in [0.15, 0.2) is 0 Å². The Morgan fingerprint density at radius 2 is 1.93 bits per heavy atom. The van der Waals surface area contributed by atoms with Crippen LogP contribution in [-0.2, 0) is 6.42 Å². The van der Waals surface area contributed by atoms with Crippen LogP contribution in [0.25, 0.3) is 0 Å². The van der Waals surface area contributed by atoms with Gasteiger partial charge in [0.05, 0.1) is 5.56 Å². The second kappa shape index (κ2) is 9.88. The summed E-state index contributed by atoms with van der Waals surface area (Å²) in [4.78, 5) is 25.1. The van der Waals surface area contributed by atoms with Gasteiger partial charge in [0.1, 0.15) is 5.00 Å². The quantitative estimate of drug-likeness (QED) is 0.704. The maximum Gasteiger partial charge on any atom is 0.256 e. The van der Waals surface area contributed by atoms with Crippen LogP contribution in [0.2, 0.25) is 0 Å². The highest BCUT2D eigenvalue weighted by atomic mass is 35.5. The average molecular weight is 408 g/mol. The van der Waals surface area contributed by atoms with E-state index >= 15 is 0 Å². The van der Waals surface area contributed by atoms with E-state index in [1.807, 2.05) is 29.6 Å². The molecular formula is C20H26ClN3O2S. The number of amides is 2. The van der Waals surface area contributed by atoms with Gasteiger partial charge in [0, 0.05) is 17.6 Å². The van der Waals surface area contributed by atoms with Gasteiger partial charge < -0.3 is 16.0 Å². The molecule has 2 heterocycles. The predicted molar refractivity (Wildman–Crippen MR) is 113 cm³/mol. The molecule has 1 aliphatic heterocycles. The summed E-state index contributed by atoms with van der Waals surface area (Å²) in [6.07, 6.45) is 2.78. The van der Waals surface area contributed by atoms with E-state index in [-0.39, 0.29) is 30.3 Å². The molecule has 2 aromatic rings. The van der Waals surface area contributed by atoms with Gasteiger partial charge in [0.25, 0.3) is 11.8 Å². The zero-order chi connectivity index (χ0) is 18.5. The van der Waals surface area contributed by atoms with Crippen LogP contribution in [0.1, 0.15) is 53.0 Å². The molecule has 0 radical (unpaired) electrons. The summed E-state index contributed by atoms with van der Waals surface area (Å²) in [7, 11) is 0. The molecule has 3 N–H and O–H groups in total. The van der Waals surface area contributed by atoms with E-state index in [2.05, 4.69) is 29.8 Å². The summed E-state index contributed by atoms with van der Waals surface area (Å²) in [6.45, 7) is 5.11. The number of anilines is 1. The van der Waals surface area contributed by atoms with Gasteiger partial charge in [-0.1, -0.05) is 19.1 Å². The minimum Gasteiger partial charge on any atom is -0.349 e. The summed E-state index contributed by atoms with van der Waals surface area (Å²) < 4.78 is 0. The smallest absolute Gasteiger partial charge is 0.256 e. The Morgan fingerprint density at radius 3 is 2.59 bits per heavy atom. The molecule has 5 nitrogen and oxygen atoms in total. The Bertz CT molecular complexity index is 776. The first-order valence-electron chi connectivity index (χ1n) is 9.09. The number of rotatable bonds is 5. The Labute approximate surface area is 170 Å². The minimum atomic E-state index is -0.195. The number of hydrogen-bond donors (Lipinski definition) is 3. The van der Waals surface area contributed by atoms with E-state index in [9.17, 15) is 9.59 Å². The van der Waals surface area contributed by atoms with Crippen LogP contribution in [0.4, 0.5) is 5.00 Å². The average Bonchev–Trinajstić information content (AvgIpc) is 3.10. The number of thiophene rings is 1. The third kappa shape index (κ3) is 5.54. The van der Waals surface area contributed by atoms with Crippen molar-refractivity contribution in [3.63, 3.8) is 0 Å². The molecule has 1 aromatic heterocycles. The molecule has 0 saturated carbocycles. The summed E-state index contributed by atoms with van der Waals surface area (Å²) in [5.74, 6) is -0.318. The van der Waals surface area contributed by atoms with Crippen molar-refractivity contribution in [2.24, 2.45) is 0 Å². The molecule has 27 heavy (non-hydrogen) atoms. The zero-order valence-electron chi connectivity index (χ0n) is 15.6. The first-order valence-corrected chi connectivity index (χ1v) is 9.96. The molecule has 3 rings (SSSR count). The first-order chi connectivity index (χ1) is 12.6. The van der Waals surface area contributed by atoms with E-state index in [0.717, 1.165) is 25.8 Å². The van der Waals surface area contributed by atoms with Crippen molar-refractivity contribution >= 4 is 40.6 Å². The van der Waals surface area contributed by atoms with E-state index in [4.69, 9.17) is 0 Å². The number of carbonyl (C=O) groups excluding carboxylic acids is 2. The molecule has 2 atom stereocenters. The topological polar surface area (TPSA) is 70.2 Å². The lowest BCUT2D eigenvalue weighted by atomic mass is 10.0. The molecule has 2 amide bonds. The third-order valence-corrected chi connectivity index (χ3v) is 5.55. The van der Waals surface area contributed by atoms with Gasteiger partial charge in [-0.2, -0.15) is 0 Å². The molecule has 1 saturated heterocycles. The fourth-order valence-corrected chi connectivity index (χ4v) is 3.96. The Kier molecular flexibility index (Phi) is 7.83. The molecule has 146 valence electrons. The molecular weight excluding hydrogens is 382 g/mol. The summed E-state index contributed by atoms with van der Waals surface area (Å²) >= 11 is 1.37. The second-order valence-electron chi connectivity index (χ2n) is 6.72. The van der Waals surface area contributed by atoms with Crippen LogP contribution in [0.5, 0.6) is 0 Å². The van der Waals surface area contributed by atoms with Gasteiger partial charge in [-0.3, -0.25) is 9.59 Å². The number of hydrogen-bond acceptors (Lipinski definition) is 4. The Hall–Kier alpha value is -1.89. The molecule has 1 aromatic carbocycles. The normalized spacial score (nSPS) is 19.0. The van der Waals surface area contributed by atoms with Crippen molar-refractivity contribution in [2.75, 3.05) is 11.9 Å². The maximum atomic E-state index is 12.6. The lowest BCUT2D eigenvalue weighted by Gasteiger charge is -2.28. The van der Waals surface area contributed by atoms with Crippen molar-refractivity contribution in [3.05, 3.63) is 52.4 Å². The molecule has 2 unspecified atom stereocenters. The number of aryl methyl sites for hydroxylation is 1. The molecule has 1 fully saturated rings. The van der Waals surface area contributed by atoms with Crippen LogP contribution in [0.15, 0.2) is 35.7 Å². The fraction of sp³-hybridized carbons (Fsp3) is 0.400. The van der Waals surface area contributed by atoms with E-state index in [1.54, 1.807) is 6.07 Å². The van der Waals surface area contributed by atoms with Crippen LogP contribution in [0, 0.1) is 0 Å². The Balaban J connectivity index is 0.00000261. The molecule has 7 heteroatoms.